The average molecular weight is 362 g/mol. The Morgan fingerprint density at radius 2 is 2.00 bits per heavy atom. The van der Waals surface area contributed by atoms with Gasteiger partial charge in [-0.15, -0.1) is 5.10 Å². The molecule has 0 radical (unpaired) electrons. The van der Waals surface area contributed by atoms with Gasteiger partial charge in [-0.25, -0.2) is 0 Å². The Hall–Kier alpha value is -2.11. The molecule has 0 amide bonds. The first kappa shape index (κ1) is 16.7. The minimum absolute atomic E-state index is 0.0755. The molecule has 1 heterocycles. The highest BCUT2D eigenvalue weighted by molar-refractivity contribution is 6.33. The number of fused-ring (bicyclic) bond motifs is 1. The lowest BCUT2D eigenvalue weighted by Gasteiger charge is -2.27. The van der Waals surface area contributed by atoms with Crippen LogP contribution in [0.3, 0.4) is 0 Å². The zero-order valence-corrected chi connectivity index (χ0v) is 14.6. The lowest BCUT2D eigenvalue weighted by atomic mass is 9.80. The van der Waals surface area contributed by atoms with Crippen LogP contribution in [0.15, 0.2) is 40.7 Å². The van der Waals surface area contributed by atoms with E-state index in [1.54, 1.807) is 12.3 Å². The Labute approximate surface area is 150 Å². The highest BCUT2D eigenvalue weighted by atomic mass is 35.5. The van der Waals surface area contributed by atoms with E-state index in [1.807, 2.05) is 25.1 Å². The summed E-state index contributed by atoms with van der Waals surface area (Å²) in [5, 5.41) is 9.42. The number of aromatic nitrogens is 1. The smallest absolute Gasteiger partial charge is 0.211 e. The van der Waals surface area contributed by atoms with Gasteiger partial charge in [0.1, 0.15) is 0 Å². The van der Waals surface area contributed by atoms with Crippen LogP contribution in [0.4, 0.5) is 0 Å². The summed E-state index contributed by atoms with van der Waals surface area (Å²) < 4.78 is 0. The average Bonchev–Trinajstić information content (AvgIpc) is 2.54. The van der Waals surface area contributed by atoms with Gasteiger partial charge >= 0.3 is 0 Å². The molecule has 1 aliphatic rings. The molecule has 1 atom stereocenters. The van der Waals surface area contributed by atoms with Crippen LogP contribution >= 0.6 is 23.2 Å². The summed E-state index contributed by atoms with van der Waals surface area (Å²) in [4.78, 5) is 4.52. The molecule has 5 nitrogen and oxygen atoms in total. The van der Waals surface area contributed by atoms with Crippen molar-refractivity contribution in [1.29, 1.82) is 0 Å². The maximum absolute atomic E-state index is 6.38. The number of benzene rings is 1. The second-order valence-electron chi connectivity index (χ2n) is 5.79. The molecule has 0 bridgehead atoms. The van der Waals surface area contributed by atoms with Gasteiger partial charge in [-0.3, -0.25) is 4.98 Å². The summed E-state index contributed by atoms with van der Waals surface area (Å²) in [6, 6.07) is 7.44. The lowest BCUT2D eigenvalue weighted by Crippen LogP contribution is -2.24. The molecule has 0 saturated carbocycles. The van der Waals surface area contributed by atoms with Crippen molar-refractivity contribution in [2.45, 2.75) is 25.7 Å². The number of pyridine rings is 1. The molecular weight excluding hydrogens is 345 g/mol. The minimum Gasteiger partial charge on any atom is -0.369 e. The van der Waals surface area contributed by atoms with E-state index >= 15 is 0 Å². The number of nitrogens with two attached hydrogens (primary N) is 2. The summed E-state index contributed by atoms with van der Waals surface area (Å²) in [7, 11) is 0. The number of rotatable bonds is 2. The molecule has 24 heavy (non-hydrogen) atoms. The molecule has 4 N–H and O–H groups in total. The highest BCUT2D eigenvalue weighted by Gasteiger charge is 2.28. The Morgan fingerprint density at radius 1 is 1.21 bits per heavy atom. The zero-order valence-electron chi connectivity index (χ0n) is 13.1. The van der Waals surface area contributed by atoms with Crippen LogP contribution in [0.2, 0.25) is 10.0 Å². The lowest BCUT2D eigenvalue weighted by molar-refractivity contribution is 0.677. The molecule has 1 aromatic heterocycles. The van der Waals surface area contributed by atoms with Crippen LogP contribution in [0, 0.1) is 6.92 Å². The first-order valence-corrected chi connectivity index (χ1v) is 8.26. The third-order valence-corrected chi connectivity index (χ3v) is 4.67. The first-order valence-electron chi connectivity index (χ1n) is 7.51. The van der Waals surface area contributed by atoms with E-state index < -0.39 is 0 Å². The fourth-order valence-electron chi connectivity index (χ4n) is 3.06. The Kier molecular flexibility index (Phi) is 4.73. The van der Waals surface area contributed by atoms with Crippen molar-refractivity contribution in [3.63, 3.8) is 0 Å². The van der Waals surface area contributed by atoms with Gasteiger partial charge in [0.05, 0.1) is 11.4 Å². The van der Waals surface area contributed by atoms with Crippen molar-refractivity contribution in [1.82, 2.24) is 4.98 Å². The molecule has 0 aliphatic heterocycles. The molecule has 2 aromatic rings. The predicted octanol–water partition coefficient (Wildman–Crippen LogP) is 3.40. The van der Waals surface area contributed by atoms with Crippen LogP contribution in [0.5, 0.6) is 0 Å². The summed E-state index contributed by atoms with van der Waals surface area (Å²) in [6.07, 6.45) is 3.22. The molecule has 7 heteroatoms. The monoisotopic (exact) mass is 361 g/mol. The van der Waals surface area contributed by atoms with E-state index in [1.165, 1.54) is 0 Å². The molecule has 0 spiro atoms. The van der Waals surface area contributed by atoms with Crippen LogP contribution in [-0.2, 0) is 6.42 Å². The van der Waals surface area contributed by atoms with Crippen molar-refractivity contribution < 1.29 is 0 Å². The predicted molar refractivity (Wildman–Crippen MR) is 98.8 cm³/mol. The van der Waals surface area contributed by atoms with Gasteiger partial charge < -0.3 is 11.5 Å². The molecular formula is C17H17Cl2N5. The van der Waals surface area contributed by atoms with E-state index in [0.717, 1.165) is 34.5 Å². The fraction of sp³-hybridized carbons (Fsp3) is 0.235. The normalized spacial score (nSPS) is 18.3. The van der Waals surface area contributed by atoms with Gasteiger partial charge in [0.15, 0.2) is 0 Å². The summed E-state index contributed by atoms with van der Waals surface area (Å²) >= 11 is 12.5. The van der Waals surface area contributed by atoms with E-state index in [-0.39, 0.29) is 11.9 Å². The quantitative estimate of drug-likeness (QED) is 0.487. The van der Waals surface area contributed by atoms with Gasteiger partial charge in [-0.1, -0.05) is 23.2 Å². The number of hydrogen-bond acceptors (Lipinski definition) is 3. The maximum Gasteiger partial charge on any atom is 0.211 e. The molecule has 1 aromatic carbocycles. The number of nitrogens with zero attached hydrogens (tertiary/aromatic N) is 3. The maximum atomic E-state index is 6.38. The third-order valence-electron chi connectivity index (χ3n) is 4.09. The van der Waals surface area contributed by atoms with Crippen molar-refractivity contribution >= 4 is 34.9 Å². The number of aryl methyl sites for hydroxylation is 1. The second kappa shape index (κ2) is 6.79. The molecule has 0 saturated heterocycles. The van der Waals surface area contributed by atoms with Crippen molar-refractivity contribution in [3.8, 4) is 0 Å². The van der Waals surface area contributed by atoms with Crippen molar-refractivity contribution in [3.05, 3.63) is 62.9 Å². The van der Waals surface area contributed by atoms with E-state index in [9.17, 15) is 0 Å². The minimum atomic E-state index is -0.0755. The van der Waals surface area contributed by atoms with Gasteiger partial charge in [-0.05, 0) is 61.1 Å². The van der Waals surface area contributed by atoms with Gasteiger partial charge in [-0.2, -0.15) is 5.10 Å². The van der Waals surface area contributed by atoms with Gasteiger partial charge in [0.2, 0.25) is 5.96 Å². The Bertz CT molecular complexity index is 841. The number of halogens is 2. The largest absolute Gasteiger partial charge is 0.369 e. The van der Waals surface area contributed by atoms with E-state index in [0.29, 0.717) is 16.5 Å². The van der Waals surface area contributed by atoms with Gasteiger partial charge in [0, 0.05) is 21.8 Å². The zero-order chi connectivity index (χ0) is 17.3. The third kappa shape index (κ3) is 3.37. The van der Waals surface area contributed by atoms with Crippen LogP contribution in [0.25, 0.3) is 0 Å². The van der Waals surface area contributed by atoms with Crippen molar-refractivity contribution in [2.24, 2.45) is 21.7 Å². The van der Waals surface area contributed by atoms with Crippen molar-refractivity contribution in [2.75, 3.05) is 0 Å². The summed E-state index contributed by atoms with van der Waals surface area (Å²) in [5.74, 6) is 0.0412. The molecule has 1 unspecified atom stereocenters. The highest BCUT2D eigenvalue weighted by Crippen LogP contribution is 2.37. The molecule has 124 valence electrons. The summed E-state index contributed by atoms with van der Waals surface area (Å²) in [5.41, 5.74) is 15.7. The SMILES string of the molecule is Cc1ccnc2c1/C(=N/N=C(N)N)CC(c1cc(Cl)ccc1Cl)C2. The first-order chi connectivity index (χ1) is 11.5. The Balaban J connectivity index is 2.10. The second-order valence-corrected chi connectivity index (χ2v) is 6.64. The van der Waals surface area contributed by atoms with Crippen LogP contribution in [-0.4, -0.2) is 16.7 Å². The fourth-order valence-corrected chi connectivity index (χ4v) is 3.51. The number of hydrogen-bond donors (Lipinski definition) is 2. The topological polar surface area (TPSA) is 89.6 Å². The summed E-state index contributed by atoms with van der Waals surface area (Å²) in [6.45, 7) is 2.03. The van der Waals surface area contributed by atoms with Crippen LogP contribution < -0.4 is 11.5 Å². The number of guanidine groups is 1. The molecule has 3 rings (SSSR count). The van der Waals surface area contributed by atoms with Crippen LogP contribution in [0.1, 0.15) is 34.7 Å². The van der Waals surface area contributed by atoms with Gasteiger partial charge in [0.25, 0.3) is 0 Å². The molecule has 1 aliphatic carbocycles. The molecule has 0 fully saturated rings. The standard InChI is InChI=1S/C17H17Cl2N5/c1-9-4-5-22-14-6-10(12-8-11(18)2-3-13(12)19)7-15(16(9)14)23-24-17(20)21/h2-5,8,10H,6-7H2,1H3,(H4,20,21,24)/b23-15+. The Morgan fingerprint density at radius 3 is 2.75 bits per heavy atom. The van der Waals surface area contributed by atoms with E-state index in [4.69, 9.17) is 34.7 Å². The van der Waals surface area contributed by atoms with E-state index in [2.05, 4.69) is 15.2 Å².